The van der Waals surface area contributed by atoms with Gasteiger partial charge in [0.05, 0.1) is 13.0 Å². The molecular formula is C11H11N3O7. The van der Waals surface area contributed by atoms with Gasteiger partial charge in [0.25, 0.3) is 6.26 Å². The van der Waals surface area contributed by atoms with E-state index in [9.17, 15) is 19.2 Å². The number of carbonyl (C=O) groups is 2. The third kappa shape index (κ3) is 9.55. The highest BCUT2D eigenvalue weighted by Crippen LogP contribution is 2.03. The Hall–Kier alpha value is -3.01. The first-order valence-electron chi connectivity index (χ1n) is 5.59. The van der Waals surface area contributed by atoms with Crippen LogP contribution in [0, 0.1) is 11.5 Å². The highest BCUT2D eigenvalue weighted by atomic mass is 16.6. The van der Waals surface area contributed by atoms with Gasteiger partial charge >= 0.3 is 11.9 Å². The molecule has 1 unspecified atom stereocenters. The lowest BCUT2D eigenvalue weighted by molar-refractivity contribution is -0.152. The van der Waals surface area contributed by atoms with Crippen molar-refractivity contribution < 1.29 is 33.4 Å². The van der Waals surface area contributed by atoms with Gasteiger partial charge in [-0.15, -0.1) is 0 Å². The van der Waals surface area contributed by atoms with Crippen LogP contribution < -0.4 is 0 Å². The minimum Gasteiger partial charge on any atom is -0.462 e. The zero-order valence-corrected chi connectivity index (χ0v) is 10.8. The number of aliphatic imine (C=N–C) groups is 2. The number of hydrogen-bond acceptors (Lipinski definition) is 10. The molecule has 0 spiro atoms. The van der Waals surface area contributed by atoms with E-state index in [1.54, 1.807) is 0 Å². The van der Waals surface area contributed by atoms with Gasteiger partial charge in [-0.25, -0.2) is 19.4 Å². The normalized spacial score (nSPS) is 10.0. The quantitative estimate of drug-likeness (QED) is 0.164. The van der Waals surface area contributed by atoms with Crippen molar-refractivity contribution in [2.45, 2.75) is 12.5 Å². The molecule has 0 rings (SSSR count). The van der Waals surface area contributed by atoms with Crippen LogP contribution in [0.25, 0.3) is 0 Å². The predicted octanol–water partition coefficient (Wildman–Crippen LogP) is -0.999. The van der Waals surface area contributed by atoms with E-state index in [1.165, 1.54) is 12.3 Å². The molecule has 0 fully saturated rings. The minimum atomic E-state index is -1.40. The summed E-state index contributed by atoms with van der Waals surface area (Å²) in [7, 11) is 0. The van der Waals surface area contributed by atoms with Crippen molar-refractivity contribution in [2.75, 3.05) is 26.4 Å². The van der Waals surface area contributed by atoms with Crippen LogP contribution >= 0.6 is 0 Å². The molecule has 0 aromatic heterocycles. The van der Waals surface area contributed by atoms with Crippen molar-refractivity contribution in [2.24, 2.45) is 9.98 Å². The van der Waals surface area contributed by atoms with E-state index < -0.39 is 24.4 Å². The first kappa shape index (κ1) is 18.0. The zero-order valence-electron chi connectivity index (χ0n) is 10.8. The first-order valence-corrected chi connectivity index (χ1v) is 5.59. The molecule has 0 heterocycles. The maximum absolute atomic E-state index is 11.5. The number of esters is 2. The Morgan fingerprint density at radius 2 is 1.86 bits per heavy atom. The number of hydrogen-bond donors (Lipinski definition) is 0. The van der Waals surface area contributed by atoms with Gasteiger partial charge in [0.15, 0.2) is 6.04 Å². The van der Waals surface area contributed by atoms with E-state index in [-0.39, 0.29) is 26.4 Å². The van der Waals surface area contributed by atoms with Crippen LogP contribution in [0.2, 0.25) is 0 Å². The van der Waals surface area contributed by atoms with Crippen molar-refractivity contribution >= 4 is 24.1 Å². The van der Waals surface area contributed by atoms with E-state index in [1.807, 2.05) is 0 Å². The van der Waals surface area contributed by atoms with Crippen LogP contribution in [0.15, 0.2) is 9.98 Å². The fourth-order valence-electron chi connectivity index (χ4n) is 1.04. The molecule has 0 aliphatic heterocycles. The summed E-state index contributed by atoms with van der Waals surface area (Å²) >= 11 is 0. The Labute approximate surface area is 119 Å². The summed E-state index contributed by atoms with van der Waals surface area (Å²) in [5, 5.41) is 8.08. The van der Waals surface area contributed by atoms with Gasteiger partial charge in [0.2, 0.25) is 12.2 Å². The molecule has 0 aromatic carbocycles. The van der Waals surface area contributed by atoms with Crippen LogP contribution in [0.1, 0.15) is 6.42 Å². The topological polar surface area (TPSA) is 144 Å². The number of nitriles is 1. The molecule has 0 saturated carbocycles. The minimum absolute atomic E-state index is 0.0945. The average Bonchev–Trinajstić information content (AvgIpc) is 2.47. The molecule has 0 amide bonds. The lowest BCUT2D eigenvalue weighted by Gasteiger charge is -2.09. The van der Waals surface area contributed by atoms with Gasteiger partial charge in [0.1, 0.15) is 19.8 Å². The SMILES string of the molecule is N#COCCOC(=O)CC(N=C=O)C(=O)OCCN=C=O. The third-order valence-corrected chi connectivity index (χ3v) is 1.87. The number of rotatable bonds is 10. The van der Waals surface area contributed by atoms with Crippen LogP contribution in [-0.2, 0) is 33.4 Å². The zero-order chi connectivity index (χ0) is 15.9. The van der Waals surface area contributed by atoms with E-state index in [0.717, 1.165) is 6.08 Å². The summed E-state index contributed by atoms with van der Waals surface area (Å²) in [6.07, 6.45) is 3.25. The fraction of sp³-hybridized carbons (Fsp3) is 0.545. The second-order valence-corrected chi connectivity index (χ2v) is 3.24. The van der Waals surface area contributed by atoms with Crippen LogP contribution in [-0.4, -0.2) is 56.5 Å². The molecule has 1 atom stereocenters. The molecule has 0 N–H and O–H groups in total. The summed E-state index contributed by atoms with van der Waals surface area (Å²) < 4.78 is 13.5. The standard InChI is InChI=1S/C11H11N3O7/c12-6-19-3-4-20-10(17)5-9(14-8-16)11(18)21-2-1-13-7-15/h9H,1-5H2. The third-order valence-electron chi connectivity index (χ3n) is 1.87. The summed E-state index contributed by atoms with van der Waals surface area (Å²) in [6, 6.07) is -1.40. The van der Waals surface area contributed by atoms with Crippen molar-refractivity contribution in [1.82, 2.24) is 0 Å². The molecule has 21 heavy (non-hydrogen) atoms. The number of nitrogens with zero attached hydrogens (tertiary/aromatic N) is 3. The van der Waals surface area contributed by atoms with E-state index in [0.29, 0.717) is 0 Å². The van der Waals surface area contributed by atoms with Crippen molar-refractivity contribution in [3.8, 4) is 6.26 Å². The molecule has 10 heteroatoms. The number of ether oxygens (including phenoxy) is 3. The molecule has 0 aliphatic rings. The summed E-state index contributed by atoms with van der Waals surface area (Å²) in [4.78, 5) is 49.1. The summed E-state index contributed by atoms with van der Waals surface area (Å²) in [5.74, 6) is -1.78. The van der Waals surface area contributed by atoms with Crippen molar-refractivity contribution in [1.29, 1.82) is 5.26 Å². The Morgan fingerprint density at radius 3 is 2.48 bits per heavy atom. The van der Waals surface area contributed by atoms with Crippen LogP contribution in [0.4, 0.5) is 0 Å². The summed E-state index contributed by atoms with van der Waals surface area (Å²) in [5.41, 5.74) is 0. The Kier molecular flexibility index (Phi) is 10.3. The average molecular weight is 297 g/mol. The maximum Gasteiger partial charge on any atom is 0.332 e. The largest absolute Gasteiger partial charge is 0.462 e. The number of carbonyl (C=O) groups excluding carboxylic acids is 4. The summed E-state index contributed by atoms with van der Waals surface area (Å²) in [6.45, 7) is -0.627. The molecule has 0 aliphatic carbocycles. The Balaban J connectivity index is 4.24. The van der Waals surface area contributed by atoms with Crippen molar-refractivity contribution in [3.63, 3.8) is 0 Å². The second kappa shape index (κ2) is 12.0. The van der Waals surface area contributed by atoms with Gasteiger partial charge in [-0.05, 0) is 0 Å². The highest BCUT2D eigenvalue weighted by Gasteiger charge is 2.23. The molecule has 0 saturated heterocycles. The molecule has 0 aromatic rings. The smallest absolute Gasteiger partial charge is 0.332 e. The van der Waals surface area contributed by atoms with Crippen LogP contribution in [0.5, 0.6) is 0 Å². The molecule has 10 nitrogen and oxygen atoms in total. The Morgan fingerprint density at radius 1 is 1.10 bits per heavy atom. The monoisotopic (exact) mass is 297 g/mol. The maximum atomic E-state index is 11.5. The van der Waals surface area contributed by atoms with Crippen LogP contribution in [0.3, 0.4) is 0 Å². The van der Waals surface area contributed by atoms with E-state index >= 15 is 0 Å². The molecule has 0 bridgehead atoms. The fourth-order valence-corrected chi connectivity index (χ4v) is 1.04. The van der Waals surface area contributed by atoms with Gasteiger partial charge in [-0.3, -0.25) is 4.79 Å². The lowest BCUT2D eigenvalue weighted by Crippen LogP contribution is -2.26. The second-order valence-electron chi connectivity index (χ2n) is 3.24. The van der Waals surface area contributed by atoms with Gasteiger partial charge in [-0.1, -0.05) is 0 Å². The molecular weight excluding hydrogens is 286 g/mol. The van der Waals surface area contributed by atoms with Crippen molar-refractivity contribution in [3.05, 3.63) is 0 Å². The highest BCUT2D eigenvalue weighted by molar-refractivity contribution is 5.83. The number of isocyanates is 2. The van der Waals surface area contributed by atoms with Gasteiger partial charge in [-0.2, -0.15) is 10.3 Å². The molecule has 0 radical (unpaired) electrons. The van der Waals surface area contributed by atoms with E-state index in [4.69, 9.17) is 5.26 Å². The Bertz CT molecular complexity index is 487. The molecule has 112 valence electrons. The predicted molar refractivity (Wildman–Crippen MR) is 63.0 cm³/mol. The van der Waals surface area contributed by atoms with Gasteiger partial charge < -0.3 is 14.2 Å². The lowest BCUT2D eigenvalue weighted by atomic mass is 10.2. The van der Waals surface area contributed by atoms with E-state index in [2.05, 4.69) is 24.2 Å². The van der Waals surface area contributed by atoms with Gasteiger partial charge in [0, 0.05) is 0 Å². The first-order chi connectivity index (χ1) is 10.2.